The van der Waals surface area contributed by atoms with Crippen LogP contribution < -0.4 is 0 Å². The van der Waals surface area contributed by atoms with Gasteiger partial charge in [0.15, 0.2) is 5.41 Å². The Morgan fingerprint density at radius 1 is 1.06 bits per heavy atom. The molecule has 0 aromatic carbocycles. The molecule has 92 valence electrons. The summed E-state index contributed by atoms with van der Waals surface area (Å²) in [6, 6.07) is 0. The van der Waals surface area contributed by atoms with E-state index in [0.717, 1.165) is 25.7 Å². The van der Waals surface area contributed by atoms with E-state index < -0.39 is 17.4 Å². The summed E-state index contributed by atoms with van der Waals surface area (Å²) >= 11 is 0. The molecule has 1 aliphatic carbocycles. The van der Waals surface area contributed by atoms with E-state index in [4.69, 9.17) is 0 Å². The van der Waals surface area contributed by atoms with Gasteiger partial charge < -0.3 is 10.2 Å². The van der Waals surface area contributed by atoms with Gasteiger partial charge in [0, 0.05) is 0 Å². The molecular formula is C12H20O4. The first-order valence-electron chi connectivity index (χ1n) is 5.87. The molecule has 1 fully saturated rings. The molecule has 0 aromatic heterocycles. The van der Waals surface area contributed by atoms with Gasteiger partial charge in [0.2, 0.25) is 0 Å². The number of aliphatic carboxylic acids is 2. The second-order valence-corrected chi connectivity index (χ2v) is 5.03. The lowest BCUT2D eigenvalue weighted by atomic mass is 9.69. The second kappa shape index (κ2) is 4.85. The highest BCUT2D eigenvalue weighted by Gasteiger charge is 2.50. The topological polar surface area (TPSA) is 74.6 Å². The van der Waals surface area contributed by atoms with Crippen LogP contribution in [-0.4, -0.2) is 22.2 Å². The molecule has 16 heavy (non-hydrogen) atoms. The maximum absolute atomic E-state index is 11.2. The molecule has 4 nitrogen and oxygen atoms in total. The van der Waals surface area contributed by atoms with Crippen molar-refractivity contribution in [3.05, 3.63) is 0 Å². The molecule has 4 heteroatoms. The van der Waals surface area contributed by atoms with Gasteiger partial charge in [-0.25, -0.2) is 0 Å². The van der Waals surface area contributed by atoms with Crippen LogP contribution >= 0.6 is 0 Å². The Hall–Kier alpha value is -1.06. The normalized spacial score (nSPS) is 27.1. The molecule has 1 rings (SSSR count). The second-order valence-electron chi connectivity index (χ2n) is 5.03. The Bertz CT molecular complexity index is 271. The molecule has 0 radical (unpaired) electrons. The smallest absolute Gasteiger partial charge is 0.321 e. The van der Waals surface area contributed by atoms with Crippen molar-refractivity contribution in [2.45, 2.75) is 46.0 Å². The van der Waals surface area contributed by atoms with E-state index in [9.17, 15) is 19.8 Å². The summed E-state index contributed by atoms with van der Waals surface area (Å²) in [6.45, 7) is 3.32. The lowest BCUT2D eigenvalue weighted by Gasteiger charge is -2.33. The van der Waals surface area contributed by atoms with Gasteiger partial charge in [0.1, 0.15) is 0 Å². The van der Waals surface area contributed by atoms with Gasteiger partial charge in [-0.1, -0.05) is 32.6 Å². The number of hydrogen-bond acceptors (Lipinski definition) is 2. The van der Waals surface area contributed by atoms with Crippen LogP contribution in [0.2, 0.25) is 0 Å². The molecule has 2 atom stereocenters. The highest BCUT2D eigenvalue weighted by Crippen LogP contribution is 2.41. The SMILES string of the molecule is C[C@H]1CCCCC[C@@H]1C(C)(C(=O)O)C(=O)O. The zero-order chi connectivity index (χ0) is 12.3. The van der Waals surface area contributed by atoms with E-state index in [1.54, 1.807) is 0 Å². The highest BCUT2D eigenvalue weighted by molar-refractivity contribution is 5.98. The van der Waals surface area contributed by atoms with Crippen molar-refractivity contribution in [1.82, 2.24) is 0 Å². The molecule has 2 N–H and O–H groups in total. The van der Waals surface area contributed by atoms with Crippen molar-refractivity contribution in [1.29, 1.82) is 0 Å². The molecule has 0 bridgehead atoms. The maximum Gasteiger partial charge on any atom is 0.321 e. The first-order valence-corrected chi connectivity index (χ1v) is 5.87. The van der Waals surface area contributed by atoms with Crippen LogP contribution in [0.5, 0.6) is 0 Å². The molecule has 1 saturated carbocycles. The predicted molar refractivity (Wildman–Crippen MR) is 59.1 cm³/mol. The summed E-state index contributed by atoms with van der Waals surface area (Å²) in [4.78, 5) is 22.5. The third-order valence-corrected chi connectivity index (χ3v) is 3.99. The zero-order valence-electron chi connectivity index (χ0n) is 9.90. The lowest BCUT2D eigenvalue weighted by Crippen LogP contribution is -2.45. The van der Waals surface area contributed by atoms with Crippen LogP contribution in [0.1, 0.15) is 46.0 Å². The molecule has 0 unspecified atom stereocenters. The maximum atomic E-state index is 11.2. The van der Waals surface area contributed by atoms with Gasteiger partial charge in [0.25, 0.3) is 0 Å². The Morgan fingerprint density at radius 3 is 2.06 bits per heavy atom. The van der Waals surface area contributed by atoms with Crippen molar-refractivity contribution in [2.24, 2.45) is 17.3 Å². The Balaban J connectivity index is 3.00. The minimum absolute atomic E-state index is 0.166. The van der Waals surface area contributed by atoms with Gasteiger partial charge in [-0.3, -0.25) is 9.59 Å². The van der Waals surface area contributed by atoms with Crippen molar-refractivity contribution in [3.8, 4) is 0 Å². The number of rotatable bonds is 3. The quantitative estimate of drug-likeness (QED) is 0.574. The van der Waals surface area contributed by atoms with Crippen LogP contribution in [-0.2, 0) is 9.59 Å². The third kappa shape index (κ3) is 2.20. The summed E-state index contributed by atoms with van der Waals surface area (Å²) in [5.74, 6) is -2.51. The van der Waals surface area contributed by atoms with Crippen molar-refractivity contribution in [3.63, 3.8) is 0 Å². The first kappa shape index (κ1) is 13.0. The number of carboxylic acids is 2. The minimum Gasteiger partial charge on any atom is -0.480 e. The Morgan fingerprint density at radius 2 is 1.56 bits per heavy atom. The van der Waals surface area contributed by atoms with Gasteiger partial charge in [-0.05, 0) is 25.2 Å². The highest BCUT2D eigenvalue weighted by atomic mass is 16.4. The molecule has 0 amide bonds. The molecule has 0 saturated heterocycles. The van der Waals surface area contributed by atoms with E-state index in [0.29, 0.717) is 6.42 Å². The van der Waals surface area contributed by atoms with Gasteiger partial charge >= 0.3 is 11.9 Å². The molecule has 0 aliphatic heterocycles. The van der Waals surface area contributed by atoms with Crippen LogP contribution in [0, 0.1) is 17.3 Å². The van der Waals surface area contributed by atoms with Gasteiger partial charge in [-0.15, -0.1) is 0 Å². The zero-order valence-corrected chi connectivity index (χ0v) is 9.90. The van der Waals surface area contributed by atoms with E-state index in [1.165, 1.54) is 6.92 Å². The fourth-order valence-electron chi connectivity index (χ4n) is 2.76. The largest absolute Gasteiger partial charge is 0.480 e. The fourth-order valence-corrected chi connectivity index (χ4v) is 2.76. The summed E-state index contributed by atoms with van der Waals surface area (Å²) in [6.07, 6.45) is 4.73. The minimum atomic E-state index is -1.64. The molecule has 0 aromatic rings. The number of carboxylic acid groups (broad SMARTS) is 2. The van der Waals surface area contributed by atoms with Crippen molar-refractivity contribution < 1.29 is 19.8 Å². The average molecular weight is 228 g/mol. The Labute approximate surface area is 95.7 Å². The summed E-state index contributed by atoms with van der Waals surface area (Å²) in [5, 5.41) is 18.4. The predicted octanol–water partition coefficient (Wildman–Crippen LogP) is 2.38. The van der Waals surface area contributed by atoms with Crippen LogP contribution in [0.3, 0.4) is 0 Å². The Kier molecular flexibility index (Phi) is 3.94. The first-order chi connectivity index (χ1) is 7.40. The lowest BCUT2D eigenvalue weighted by molar-refractivity contribution is -0.169. The van der Waals surface area contributed by atoms with Crippen LogP contribution in [0.15, 0.2) is 0 Å². The van der Waals surface area contributed by atoms with E-state index in [1.807, 2.05) is 6.92 Å². The van der Waals surface area contributed by atoms with Crippen molar-refractivity contribution in [2.75, 3.05) is 0 Å². The fraction of sp³-hybridized carbons (Fsp3) is 0.833. The van der Waals surface area contributed by atoms with E-state index in [2.05, 4.69) is 0 Å². The molecule has 0 heterocycles. The molecular weight excluding hydrogens is 208 g/mol. The summed E-state index contributed by atoms with van der Waals surface area (Å²) in [5.41, 5.74) is -1.64. The monoisotopic (exact) mass is 228 g/mol. The van der Waals surface area contributed by atoms with Crippen molar-refractivity contribution >= 4 is 11.9 Å². The van der Waals surface area contributed by atoms with Gasteiger partial charge in [0.05, 0.1) is 0 Å². The third-order valence-electron chi connectivity index (χ3n) is 3.99. The number of carbonyl (C=O) groups is 2. The molecule has 0 spiro atoms. The summed E-state index contributed by atoms with van der Waals surface area (Å²) in [7, 11) is 0. The number of hydrogen-bond donors (Lipinski definition) is 2. The standard InChI is InChI=1S/C12H20O4/c1-8-6-4-3-5-7-9(8)12(2,10(13)14)11(15)16/h8-9H,3-7H2,1-2H3,(H,13,14)(H,15,16)/t8-,9-/m0/s1. The van der Waals surface area contributed by atoms with Gasteiger partial charge in [-0.2, -0.15) is 0 Å². The molecule has 1 aliphatic rings. The van der Waals surface area contributed by atoms with Crippen LogP contribution in [0.4, 0.5) is 0 Å². The summed E-state index contributed by atoms with van der Waals surface area (Å²) < 4.78 is 0. The van der Waals surface area contributed by atoms with E-state index >= 15 is 0 Å². The average Bonchev–Trinajstić information content (AvgIpc) is 2.41. The van der Waals surface area contributed by atoms with Crippen LogP contribution in [0.25, 0.3) is 0 Å². The van der Waals surface area contributed by atoms with E-state index in [-0.39, 0.29) is 11.8 Å².